The second kappa shape index (κ2) is 9.43. The zero-order valence-corrected chi connectivity index (χ0v) is 13.6. The molecule has 118 valence electrons. The Morgan fingerprint density at radius 2 is 1.71 bits per heavy atom. The van der Waals surface area contributed by atoms with Crippen LogP contribution in [0.4, 0.5) is 0 Å². The summed E-state index contributed by atoms with van der Waals surface area (Å²) in [6.45, 7) is 4.49. The minimum atomic E-state index is 0.114. The van der Waals surface area contributed by atoms with Crippen molar-refractivity contribution in [3.05, 3.63) is 29.8 Å². The second-order valence-corrected chi connectivity index (χ2v) is 5.72. The molecular weight excluding hydrogens is 262 g/mol. The summed E-state index contributed by atoms with van der Waals surface area (Å²) >= 11 is 0. The maximum Gasteiger partial charge on any atom is 0.223 e. The lowest BCUT2D eigenvalue weighted by atomic mass is 10.1. The van der Waals surface area contributed by atoms with Crippen LogP contribution < -0.4 is 5.32 Å². The number of phenols is 1. The van der Waals surface area contributed by atoms with Gasteiger partial charge in [0.05, 0.1) is 0 Å². The number of hydrogen-bond donors (Lipinski definition) is 2. The van der Waals surface area contributed by atoms with Crippen LogP contribution in [0.3, 0.4) is 0 Å². The average Bonchev–Trinajstić information content (AvgIpc) is 3.29. The van der Waals surface area contributed by atoms with E-state index in [1.165, 1.54) is 32.1 Å². The topological polar surface area (TPSA) is 49.3 Å². The van der Waals surface area contributed by atoms with E-state index in [0.717, 1.165) is 12.0 Å². The van der Waals surface area contributed by atoms with Crippen molar-refractivity contribution in [1.82, 2.24) is 5.32 Å². The summed E-state index contributed by atoms with van der Waals surface area (Å²) in [6, 6.07) is 7.08. The van der Waals surface area contributed by atoms with Gasteiger partial charge in [0.15, 0.2) is 0 Å². The highest BCUT2D eigenvalue weighted by atomic mass is 16.3. The largest absolute Gasteiger partial charge is 0.508 e. The lowest BCUT2D eigenvalue weighted by molar-refractivity contribution is -0.121. The number of phenolic OH excluding ortho intramolecular Hbond substituents is 1. The average molecular weight is 291 g/mol. The smallest absolute Gasteiger partial charge is 0.223 e. The molecule has 1 aromatic rings. The van der Waals surface area contributed by atoms with Crippen molar-refractivity contribution in [3.8, 4) is 5.75 Å². The maximum absolute atomic E-state index is 11.3. The summed E-state index contributed by atoms with van der Waals surface area (Å²) < 4.78 is 0. The molecule has 0 saturated heterocycles. The van der Waals surface area contributed by atoms with Gasteiger partial charge in [-0.15, -0.1) is 0 Å². The number of unbranched alkanes of at least 4 members (excludes halogenated alkanes) is 4. The predicted octanol–water partition coefficient (Wildman–Crippen LogP) is 4.22. The van der Waals surface area contributed by atoms with Gasteiger partial charge >= 0.3 is 0 Å². The molecule has 2 N–H and O–H groups in total. The molecule has 1 amide bonds. The van der Waals surface area contributed by atoms with Crippen LogP contribution in [0.25, 0.3) is 0 Å². The van der Waals surface area contributed by atoms with E-state index < -0.39 is 0 Å². The SMILES string of the molecule is CCCCCCC.CNC(=O)C1CC1c1ccc(O)cc1. The summed E-state index contributed by atoms with van der Waals surface area (Å²) in [6.07, 6.45) is 7.93. The van der Waals surface area contributed by atoms with Gasteiger partial charge in [0, 0.05) is 13.0 Å². The molecule has 3 nitrogen and oxygen atoms in total. The molecule has 1 saturated carbocycles. The Kier molecular flexibility index (Phi) is 7.88. The zero-order valence-electron chi connectivity index (χ0n) is 13.6. The Morgan fingerprint density at radius 1 is 1.14 bits per heavy atom. The lowest BCUT2D eigenvalue weighted by Gasteiger charge is -2.00. The normalized spacial score (nSPS) is 19.4. The van der Waals surface area contributed by atoms with Crippen molar-refractivity contribution in [2.75, 3.05) is 7.05 Å². The minimum absolute atomic E-state index is 0.114. The van der Waals surface area contributed by atoms with Gasteiger partial charge in [-0.2, -0.15) is 0 Å². The molecule has 1 aliphatic rings. The quantitative estimate of drug-likeness (QED) is 0.771. The van der Waals surface area contributed by atoms with Gasteiger partial charge in [-0.1, -0.05) is 58.1 Å². The van der Waals surface area contributed by atoms with Crippen LogP contribution in [0, 0.1) is 5.92 Å². The highest BCUT2D eigenvalue weighted by Gasteiger charge is 2.43. The number of carbonyl (C=O) groups is 1. The number of amides is 1. The van der Waals surface area contributed by atoms with Gasteiger partial charge in [0.1, 0.15) is 5.75 Å². The van der Waals surface area contributed by atoms with E-state index in [0.29, 0.717) is 5.92 Å². The summed E-state index contributed by atoms with van der Waals surface area (Å²) in [4.78, 5) is 11.3. The van der Waals surface area contributed by atoms with Crippen molar-refractivity contribution in [1.29, 1.82) is 0 Å². The number of nitrogens with one attached hydrogen (secondary N) is 1. The summed E-state index contributed by atoms with van der Waals surface area (Å²) in [7, 11) is 1.66. The first-order chi connectivity index (χ1) is 10.1. The molecule has 1 aromatic carbocycles. The first kappa shape index (κ1) is 17.5. The van der Waals surface area contributed by atoms with Gasteiger partial charge in [0.2, 0.25) is 5.91 Å². The van der Waals surface area contributed by atoms with Gasteiger partial charge in [-0.25, -0.2) is 0 Å². The Balaban J connectivity index is 0.000000270. The number of aromatic hydroxyl groups is 1. The second-order valence-electron chi connectivity index (χ2n) is 5.72. The minimum Gasteiger partial charge on any atom is -0.508 e. The van der Waals surface area contributed by atoms with E-state index in [2.05, 4.69) is 19.2 Å². The number of hydrogen-bond acceptors (Lipinski definition) is 2. The molecule has 3 heteroatoms. The van der Waals surface area contributed by atoms with Crippen LogP contribution in [0.15, 0.2) is 24.3 Å². The van der Waals surface area contributed by atoms with Gasteiger partial charge in [-0.3, -0.25) is 4.79 Å². The molecule has 0 aromatic heterocycles. The van der Waals surface area contributed by atoms with Crippen LogP contribution in [-0.4, -0.2) is 18.1 Å². The van der Waals surface area contributed by atoms with E-state index in [1.807, 2.05) is 12.1 Å². The first-order valence-corrected chi connectivity index (χ1v) is 8.14. The van der Waals surface area contributed by atoms with E-state index >= 15 is 0 Å². The van der Waals surface area contributed by atoms with E-state index in [-0.39, 0.29) is 17.6 Å². The van der Waals surface area contributed by atoms with Gasteiger partial charge < -0.3 is 10.4 Å². The zero-order chi connectivity index (χ0) is 15.7. The van der Waals surface area contributed by atoms with Crippen LogP contribution in [0.2, 0.25) is 0 Å². The van der Waals surface area contributed by atoms with Crippen LogP contribution >= 0.6 is 0 Å². The standard InChI is InChI=1S/C11H13NO2.C7H16/c1-12-11(14)10-6-9(10)7-2-4-8(13)5-3-7;1-3-5-7-6-4-2/h2-5,9-10,13H,6H2,1H3,(H,12,14);3-7H2,1-2H3. The van der Waals surface area contributed by atoms with Crippen LogP contribution in [-0.2, 0) is 4.79 Å². The third-order valence-electron chi connectivity index (χ3n) is 3.90. The fraction of sp³-hybridized carbons (Fsp3) is 0.611. The Bertz CT molecular complexity index is 410. The third-order valence-corrected chi connectivity index (χ3v) is 3.90. The van der Waals surface area contributed by atoms with Gasteiger partial charge in [0.25, 0.3) is 0 Å². The molecule has 1 aliphatic carbocycles. The molecule has 0 radical (unpaired) electrons. The van der Waals surface area contributed by atoms with Crippen molar-refractivity contribution in [2.24, 2.45) is 5.92 Å². The number of carbonyl (C=O) groups excluding carboxylic acids is 1. The summed E-state index contributed by atoms with van der Waals surface area (Å²) in [5.74, 6) is 0.856. The van der Waals surface area contributed by atoms with Crippen LogP contribution in [0.1, 0.15) is 63.9 Å². The van der Waals surface area contributed by atoms with Crippen molar-refractivity contribution >= 4 is 5.91 Å². The molecule has 2 unspecified atom stereocenters. The summed E-state index contributed by atoms with van der Waals surface area (Å²) in [5.41, 5.74) is 1.14. The maximum atomic E-state index is 11.3. The monoisotopic (exact) mass is 291 g/mol. The first-order valence-electron chi connectivity index (χ1n) is 8.14. The Hall–Kier alpha value is -1.51. The molecule has 2 atom stereocenters. The lowest BCUT2D eigenvalue weighted by Crippen LogP contribution is -2.20. The third kappa shape index (κ3) is 6.19. The molecule has 0 heterocycles. The molecule has 1 fully saturated rings. The molecule has 2 rings (SSSR count). The van der Waals surface area contributed by atoms with Gasteiger partial charge in [-0.05, 0) is 30.0 Å². The Morgan fingerprint density at radius 3 is 2.19 bits per heavy atom. The number of benzene rings is 1. The number of rotatable bonds is 6. The Labute approximate surface area is 128 Å². The predicted molar refractivity (Wildman–Crippen MR) is 87.5 cm³/mol. The van der Waals surface area contributed by atoms with Crippen molar-refractivity contribution in [3.63, 3.8) is 0 Å². The summed E-state index contributed by atoms with van der Waals surface area (Å²) in [5, 5.41) is 11.8. The van der Waals surface area contributed by atoms with E-state index in [4.69, 9.17) is 5.11 Å². The highest BCUT2D eigenvalue weighted by molar-refractivity contribution is 5.82. The van der Waals surface area contributed by atoms with Crippen LogP contribution in [0.5, 0.6) is 5.75 Å². The molecule has 0 bridgehead atoms. The fourth-order valence-corrected chi connectivity index (χ4v) is 2.44. The highest BCUT2D eigenvalue weighted by Crippen LogP contribution is 2.47. The van der Waals surface area contributed by atoms with Crippen molar-refractivity contribution < 1.29 is 9.90 Å². The molecular formula is C18H29NO2. The molecule has 0 aliphatic heterocycles. The molecule has 0 spiro atoms. The molecule has 21 heavy (non-hydrogen) atoms. The van der Waals surface area contributed by atoms with E-state index in [1.54, 1.807) is 19.2 Å². The van der Waals surface area contributed by atoms with Crippen molar-refractivity contribution in [2.45, 2.75) is 58.3 Å². The van der Waals surface area contributed by atoms with E-state index in [9.17, 15) is 4.79 Å². The fourth-order valence-electron chi connectivity index (χ4n) is 2.44.